The molecule has 0 aliphatic heterocycles. The van der Waals surface area contributed by atoms with Gasteiger partial charge in [0.1, 0.15) is 12.0 Å². The van der Waals surface area contributed by atoms with Crippen molar-refractivity contribution in [3.63, 3.8) is 0 Å². The van der Waals surface area contributed by atoms with E-state index >= 15 is 0 Å². The first-order valence-corrected chi connectivity index (χ1v) is 8.77. The van der Waals surface area contributed by atoms with Crippen molar-refractivity contribution in [2.45, 2.75) is 32.2 Å². The van der Waals surface area contributed by atoms with E-state index in [1.54, 1.807) is 22.6 Å². The molecule has 0 aromatic carbocycles. The highest BCUT2D eigenvalue weighted by Gasteiger charge is 2.21. The molecule has 0 saturated heterocycles. The van der Waals surface area contributed by atoms with E-state index < -0.39 is 5.91 Å². The second-order valence-corrected chi connectivity index (χ2v) is 6.20. The molecule has 3 heterocycles. The molecule has 0 spiro atoms. The van der Waals surface area contributed by atoms with Crippen molar-refractivity contribution in [2.75, 3.05) is 6.54 Å². The Morgan fingerprint density at radius 1 is 1.41 bits per heavy atom. The number of nitrogens with one attached hydrogen (secondary N) is 1. The Kier molecular flexibility index (Phi) is 5.51. The van der Waals surface area contributed by atoms with Gasteiger partial charge in [0.2, 0.25) is 0 Å². The fourth-order valence-corrected chi connectivity index (χ4v) is 2.83. The molecule has 0 bridgehead atoms. The molecule has 1 unspecified atom stereocenters. The van der Waals surface area contributed by atoms with Gasteiger partial charge in [-0.15, -0.1) is 0 Å². The van der Waals surface area contributed by atoms with Gasteiger partial charge >= 0.3 is 0 Å². The highest BCUT2D eigenvalue weighted by Crippen LogP contribution is 2.23. The number of rotatable bonds is 8. The Morgan fingerprint density at radius 3 is 2.85 bits per heavy atom. The highest BCUT2D eigenvalue weighted by molar-refractivity contribution is 5.99. The second-order valence-electron chi connectivity index (χ2n) is 6.20. The van der Waals surface area contributed by atoms with E-state index in [0.717, 1.165) is 19.3 Å². The van der Waals surface area contributed by atoms with Crippen molar-refractivity contribution in [3.8, 4) is 11.5 Å². The van der Waals surface area contributed by atoms with Crippen LogP contribution in [0.2, 0.25) is 0 Å². The molecule has 5 N–H and O–H groups in total. The molecule has 3 aromatic rings. The number of aromatic nitrogens is 3. The topological polar surface area (TPSA) is 142 Å². The van der Waals surface area contributed by atoms with Crippen LogP contribution in [0.25, 0.3) is 17.1 Å². The Balaban J connectivity index is 2.03. The summed E-state index contributed by atoms with van der Waals surface area (Å²) in [6, 6.07) is 4.90. The minimum Gasteiger partial charge on any atom is -0.463 e. The molecule has 1 atom stereocenters. The fourth-order valence-electron chi connectivity index (χ4n) is 2.83. The molecule has 142 valence electrons. The van der Waals surface area contributed by atoms with Crippen LogP contribution < -0.4 is 16.8 Å². The lowest BCUT2D eigenvalue weighted by atomic mass is 10.1. The maximum atomic E-state index is 12.7. The molecule has 0 aliphatic carbocycles. The average Bonchev–Trinajstić information content (AvgIpc) is 3.33. The fraction of sp³-hybridized carbons (Fsp3) is 0.333. The third kappa shape index (κ3) is 3.82. The number of carbonyl (C=O) groups is 2. The van der Waals surface area contributed by atoms with Crippen LogP contribution in [0.4, 0.5) is 0 Å². The smallest absolute Gasteiger partial charge is 0.271 e. The lowest BCUT2D eigenvalue weighted by molar-refractivity contribution is 0.0929. The summed E-state index contributed by atoms with van der Waals surface area (Å²) in [5.41, 5.74) is 12.0. The summed E-state index contributed by atoms with van der Waals surface area (Å²) in [5.74, 6) is -0.601. The Labute approximate surface area is 155 Å². The van der Waals surface area contributed by atoms with Gasteiger partial charge < -0.3 is 21.2 Å². The van der Waals surface area contributed by atoms with Crippen molar-refractivity contribution >= 4 is 17.5 Å². The van der Waals surface area contributed by atoms with Crippen LogP contribution in [-0.4, -0.2) is 38.8 Å². The van der Waals surface area contributed by atoms with E-state index in [4.69, 9.17) is 15.9 Å². The standard InChI is InChI=1S/C18H22N6O3/c1-2-3-5-11(9-19)22-18(26)12-8-13(14-6-4-7-27-14)24-10-21-15(16(20)25)17(24)23-12/h4,6-8,10-11H,2-3,5,9,19H2,1H3,(H2,20,25)(H,22,26). The second kappa shape index (κ2) is 8.00. The summed E-state index contributed by atoms with van der Waals surface area (Å²) in [6.45, 7) is 2.41. The van der Waals surface area contributed by atoms with Crippen LogP contribution >= 0.6 is 0 Å². The normalized spacial score (nSPS) is 12.2. The quantitative estimate of drug-likeness (QED) is 0.546. The third-order valence-electron chi connectivity index (χ3n) is 4.27. The molecule has 27 heavy (non-hydrogen) atoms. The molecule has 0 aliphatic rings. The van der Waals surface area contributed by atoms with Crippen LogP contribution in [-0.2, 0) is 0 Å². The van der Waals surface area contributed by atoms with Gasteiger partial charge in [0, 0.05) is 12.6 Å². The van der Waals surface area contributed by atoms with Gasteiger partial charge in [0.25, 0.3) is 11.8 Å². The van der Waals surface area contributed by atoms with Crippen LogP contribution in [0.1, 0.15) is 47.2 Å². The third-order valence-corrected chi connectivity index (χ3v) is 4.27. The first-order valence-electron chi connectivity index (χ1n) is 8.77. The molecule has 0 saturated carbocycles. The first kappa shape index (κ1) is 18.6. The minimum absolute atomic E-state index is 0.0150. The molecule has 0 radical (unpaired) electrons. The Morgan fingerprint density at radius 2 is 2.22 bits per heavy atom. The summed E-state index contributed by atoms with van der Waals surface area (Å²) in [6.07, 6.45) is 5.69. The molecule has 0 fully saturated rings. The van der Waals surface area contributed by atoms with E-state index in [-0.39, 0.29) is 29.0 Å². The van der Waals surface area contributed by atoms with Gasteiger partial charge in [-0.3, -0.25) is 14.0 Å². The van der Waals surface area contributed by atoms with Crippen molar-refractivity contribution in [3.05, 3.63) is 42.2 Å². The SMILES string of the molecule is CCCCC(CN)NC(=O)c1cc(-c2ccco2)n2cnc(C(N)=O)c2n1. The molecular weight excluding hydrogens is 348 g/mol. The Bertz CT molecular complexity index is 948. The van der Waals surface area contributed by atoms with Crippen LogP contribution in [0.15, 0.2) is 35.2 Å². The largest absolute Gasteiger partial charge is 0.463 e. The molecule has 3 rings (SSSR count). The number of hydrogen-bond donors (Lipinski definition) is 3. The monoisotopic (exact) mass is 370 g/mol. The number of amides is 2. The van der Waals surface area contributed by atoms with Crippen molar-refractivity contribution < 1.29 is 14.0 Å². The zero-order valence-corrected chi connectivity index (χ0v) is 15.0. The lowest BCUT2D eigenvalue weighted by Gasteiger charge is -2.16. The zero-order chi connectivity index (χ0) is 19.4. The van der Waals surface area contributed by atoms with Gasteiger partial charge in [-0.25, -0.2) is 9.97 Å². The maximum absolute atomic E-state index is 12.7. The van der Waals surface area contributed by atoms with Crippen molar-refractivity contribution in [2.24, 2.45) is 11.5 Å². The van der Waals surface area contributed by atoms with E-state index in [1.807, 2.05) is 0 Å². The number of imidazole rings is 1. The average molecular weight is 370 g/mol. The Hall–Kier alpha value is -3.20. The van der Waals surface area contributed by atoms with E-state index in [1.165, 1.54) is 12.6 Å². The van der Waals surface area contributed by atoms with Gasteiger partial charge in [-0.05, 0) is 24.6 Å². The zero-order valence-electron chi connectivity index (χ0n) is 15.0. The first-order chi connectivity index (χ1) is 13.0. The molecule has 2 amide bonds. The summed E-state index contributed by atoms with van der Waals surface area (Å²) >= 11 is 0. The van der Waals surface area contributed by atoms with Crippen LogP contribution in [0.5, 0.6) is 0 Å². The van der Waals surface area contributed by atoms with Gasteiger partial charge in [0.05, 0.1) is 12.0 Å². The molecule has 3 aromatic heterocycles. The predicted octanol–water partition coefficient (Wildman–Crippen LogP) is 1.34. The highest BCUT2D eigenvalue weighted by atomic mass is 16.3. The van der Waals surface area contributed by atoms with Crippen LogP contribution in [0, 0.1) is 0 Å². The number of furan rings is 1. The van der Waals surface area contributed by atoms with Crippen molar-refractivity contribution in [1.82, 2.24) is 19.7 Å². The summed E-state index contributed by atoms with van der Waals surface area (Å²) < 4.78 is 7.01. The van der Waals surface area contributed by atoms with E-state index in [2.05, 4.69) is 22.2 Å². The summed E-state index contributed by atoms with van der Waals surface area (Å²) in [5, 5.41) is 2.89. The number of unbranched alkanes of at least 4 members (excludes halogenated alkanes) is 1. The molecule has 9 heteroatoms. The molecular formula is C18H22N6O3. The van der Waals surface area contributed by atoms with Gasteiger partial charge in [0.15, 0.2) is 17.1 Å². The van der Waals surface area contributed by atoms with Gasteiger partial charge in [-0.2, -0.15) is 0 Å². The summed E-state index contributed by atoms with van der Waals surface area (Å²) in [7, 11) is 0. The number of nitrogens with two attached hydrogens (primary N) is 2. The lowest BCUT2D eigenvalue weighted by Crippen LogP contribution is -2.40. The van der Waals surface area contributed by atoms with Gasteiger partial charge in [-0.1, -0.05) is 19.8 Å². The number of hydrogen-bond acceptors (Lipinski definition) is 6. The number of carbonyl (C=O) groups excluding carboxylic acids is 2. The van der Waals surface area contributed by atoms with Crippen molar-refractivity contribution in [1.29, 1.82) is 0 Å². The van der Waals surface area contributed by atoms with Crippen LogP contribution in [0.3, 0.4) is 0 Å². The van der Waals surface area contributed by atoms with E-state index in [0.29, 0.717) is 18.0 Å². The minimum atomic E-state index is -0.726. The summed E-state index contributed by atoms with van der Waals surface area (Å²) in [4.78, 5) is 32.7. The number of primary amides is 1. The molecule has 9 nitrogen and oxygen atoms in total. The predicted molar refractivity (Wildman–Crippen MR) is 99.0 cm³/mol. The maximum Gasteiger partial charge on any atom is 0.271 e. The number of fused-ring (bicyclic) bond motifs is 1. The van der Waals surface area contributed by atoms with E-state index in [9.17, 15) is 9.59 Å². The number of nitrogens with zero attached hydrogens (tertiary/aromatic N) is 3.